The Balaban J connectivity index is 1.10. The molecular formula is C30H32F2N2O3. The minimum absolute atomic E-state index is 0.0461. The first-order chi connectivity index (χ1) is 18.0. The summed E-state index contributed by atoms with van der Waals surface area (Å²) in [5.41, 5.74) is 2.97. The van der Waals surface area contributed by atoms with Crippen LogP contribution in [0.25, 0.3) is 0 Å². The monoisotopic (exact) mass is 506 g/mol. The van der Waals surface area contributed by atoms with Crippen molar-refractivity contribution in [2.45, 2.75) is 44.4 Å². The predicted molar refractivity (Wildman–Crippen MR) is 138 cm³/mol. The summed E-state index contributed by atoms with van der Waals surface area (Å²) in [4.78, 5) is 13.4. The van der Waals surface area contributed by atoms with Crippen molar-refractivity contribution in [1.82, 2.24) is 10.2 Å². The van der Waals surface area contributed by atoms with Gasteiger partial charge in [-0.3, -0.25) is 4.90 Å². The third-order valence-corrected chi connectivity index (χ3v) is 7.44. The molecule has 1 saturated carbocycles. The summed E-state index contributed by atoms with van der Waals surface area (Å²) in [7, 11) is 0. The maximum atomic E-state index is 14.6. The number of hydrogen-bond acceptors (Lipinski definition) is 4. The molecule has 2 aliphatic rings. The van der Waals surface area contributed by atoms with Gasteiger partial charge in [-0.15, -0.1) is 0 Å². The number of benzene rings is 3. The van der Waals surface area contributed by atoms with Gasteiger partial charge in [0.15, 0.2) is 11.6 Å². The van der Waals surface area contributed by atoms with Crippen LogP contribution in [0.4, 0.5) is 8.78 Å². The minimum Gasteiger partial charge on any atom is -0.486 e. The molecule has 0 aromatic heterocycles. The number of piperidine rings is 1. The SMILES string of the molecule is O=C(O)c1ccc(CN2CCC(CNC3CC3c3cc(F)cc(F)c3OCc3ccccc3)CC2)cc1. The molecule has 2 unspecified atom stereocenters. The lowest BCUT2D eigenvalue weighted by Gasteiger charge is -2.32. The van der Waals surface area contributed by atoms with Gasteiger partial charge >= 0.3 is 5.97 Å². The van der Waals surface area contributed by atoms with Crippen LogP contribution in [0, 0.1) is 17.6 Å². The van der Waals surface area contributed by atoms with Crippen molar-refractivity contribution in [2.24, 2.45) is 5.92 Å². The summed E-state index contributed by atoms with van der Waals surface area (Å²) in [6.45, 7) is 3.94. The maximum absolute atomic E-state index is 14.6. The highest BCUT2D eigenvalue weighted by atomic mass is 19.1. The first-order valence-electron chi connectivity index (χ1n) is 12.9. The summed E-state index contributed by atoms with van der Waals surface area (Å²) in [6, 6.07) is 19.2. The molecule has 3 aromatic carbocycles. The summed E-state index contributed by atoms with van der Waals surface area (Å²) >= 11 is 0. The van der Waals surface area contributed by atoms with E-state index in [1.807, 2.05) is 42.5 Å². The average molecular weight is 507 g/mol. The third-order valence-electron chi connectivity index (χ3n) is 7.44. The Morgan fingerprint density at radius 3 is 2.43 bits per heavy atom. The minimum atomic E-state index is -0.906. The molecule has 2 atom stereocenters. The first-order valence-corrected chi connectivity index (χ1v) is 12.9. The zero-order valence-electron chi connectivity index (χ0n) is 20.7. The van der Waals surface area contributed by atoms with Gasteiger partial charge in [-0.2, -0.15) is 0 Å². The summed E-state index contributed by atoms with van der Waals surface area (Å²) in [6.07, 6.45) is 3.00. The molecule has 37 heavy (non-hydrogen) atoms. The average Bonchev–Trinajstić information content (AvgIpc) is 3.68. The quantitative estimate of drug-likeness (QED) is 0.375. The van der Waals surface area contributed by atoms with Crippen LogP contribution < -0.4 is 10.1 Å². The second kappa shape index (κ2) is 11.4. The number of nitrogens with zero attached hydrogens (tertiary/aromatic N) is 1. The maximum Gasteiger partial charge on any atom is 0.335 e. The fourth-order valence-electron chi connectivity index (χ4n) is 5.18. The fourth-order valence-corrected chi connectivity index (χ4v) is 5.18. The van der Waals surface area contributed by atoms with Crippen molar-refractivity contribution < 1.29 is 23.4 Å². The van der Waals surface area contributed by atoms with Crippen LogP contribution in [-0.2, 0) is 13.2 Å². The Morgan fingerprint density at radius 2 is 1.73 bits per heavy atom. The smallest absolute Gasteiger partial charge is 0.335 e. The second-order valence-electron chi connectivity index (χ2n) is 10.2. The van der Waals surface area contributed by atoms with Crippen LogP contribution >= 0.6 is 0 Å². The molecule has 0 radical (unpaired) electrons. The number of halogens is 2. The number of carboxylic acid groups (broad SMARTS) is 1. The standard InChI is InChI=1S/C30H32F2N2O3/c31-24-14-26(29(27(32)15-24)37-19-22-4-2-1-3-5-22)25-16-28(25)33-17-20-10-12-34(13-11-20)18-21-6-8-23(9-7-21)30(35)36/h1-9,14-15,20,25,28,33H,10-13,16-19H2,(H,35,36). The number of rotatable bonds is 10. The van der Waals surface area contributed by atoms with Gasteiger partial charge < -0.3 is 15.2 Å². The van der Waals surface area contributed by atoms with Crippen LogP contribution in [0.1, 0.15) is 52.2 Å². The molecule has 7 heteroatoms. The number of carboxylic acids is 1. The van der Waals surface area contributed by atoms with Gasteiger partial charge in [0.1, 0.15) is 12.4 Å². The Kier molecular flexibility index (Phi) is 7.82. The van der Waals surface area contributed by atoms with E-state index in [2.05, 4.69) is 10.2 Å². The van der Waals surface area contributed by atoms with Crippen molar-refractivity contribution >= 4 is 5.97 Å². The lowest BCUT2D eigenvalue weighted by atomic mass is 9.96. The highest BCUT2D eigenvalue weighted by molar-refractivity contribution is 5.87. The van der Waals surface area contributed by atoms with E-state index >= 15 is 0 Å². The van der Waals surface area contributed by atoms with Gasteiger partial charge in [-0.25, -0.2) is 13.6 Å². The summed E-state index contributed by atoms with van der Waals surface area (Å²) in [5.74, 6) is -1.37. The van der Waals surface area contributed by atoms with Crippen LogP contribution in [0.15, 0.2) is 66.7 Å². The van der Waals surface area contributed by atoms with Crippen LogP contribution in [0.5, 0.6) is 5.75 Å². The zero-order chi connectivity index (χ0) is 25.8. The summed E-state index contributed by atoms with van der Waals surface area (Å²) in [5, 5.41) is 12.7. The van der Waals surface area contributed by atoms with E-state index in [0.29, 0.717) is 17.0 Å². The Bertz CT molecular complexity index is 1210. The van der Waals surface area contributed by atoms with Gasteiger partial charge in [0.2, 0.25) is 0 Å². The van der Waals surface area contributed by atoms with Crippen molar-refractivity contribution in [3.8, 4) is 5.75 Å². The molecular weight excluding hydrogens is 474 g/mol. The largest absolute Gasteiger partial charge is 0.486 e. The Hall–Kier alpha value is -3.29. The van der Waals surface area contributed by atoms with E-state index in [4.69, 9.17) is 9.84 Å². The molecule has 1 saturated heterocycles. The van der Waals surface area contributed by atoms with Crippen LogP contribution in [0.2, 0.25) is 0 Å². The highest BCUT2D eigenvalue weighted by Gasteiger charge is 2.41. The molecule has 0 bridgehead atoms. The van der Waals surface area contributed by atoms with Gasteiger partial charge in [0, 0.05) is 30.1 Å². The van der Waals surface area contributed by atoms with Crippen LogP contribution in [-0.4, -0.2) is 41.7 Å². The van der Waals surface area contributed by atoms with Crippen molar-refractivity contribution in [2.75, 3.05) is 19.6 Å². The molecule has 0 amide bonds. The van der Waals surface area contributed by atoms with Crippen molar-refractivity contribution in [1.29, 1.82) is 0 Å². The third kappa shape index (κ3) is 6.53. The molecule has 2 N–H and O–H groups in total. The number of likely N-dealkylation sites (tertiary alicyclic amines) is 1. The lowest BCUT2D eigenvalue weighted by Crippen LogP contribution is -2.37. The molecule has 0 spiro atoms. The molecule has 5 nitrogen and oxygen atoms in total. The number of carbonyl (C=O) groups is 1. The van der Waals surface area contributed by atoms with E-state index in [0.717, 1.165) is 62.6 Å². The topological polar surface area (TPSA) is 61.8 Å². The van der Waals surface area contributed by atoms with E-state index in [9.17, 15) is 13.6 Å². The van der Waals surface area contributed by atoms with E-state index in [-0.39, 0.29) is 24.3 Å². The van der Waals surface area contributed by atoms with E-state index < -0.39 is 17.6 Å². The number of nitrogens with one attached hydrogen (secondary N) is 1. The molecule has 1 heterocycles. The number of ether oxygens (including phenoxy) is 1. The zero-order valence-corrected chi connectivity index (χ0v) is 20.7. The van der Waals surface area contributed by atoms with Crippen LogP contribution in [0.3, 0.4) is 0 Å². The highest BCUT2D eigenvalue weighted by Crippen LogP contribution is 2.46. The molecule has 2 fully saturated rings. The number of aromatic carboxylic acids is 1. The predicted octanol–water partition coefficient (Wildman–Crippen LogP) is 5.60. The van der Waals surface area contributed by atoms with Gasteiger partial charge in [0.05, 0.1) is 5.56 Å². The molecule has 1 aliphatic carbocycles. The lowest BCUT2D eigenvalue weighted by molar-refractivity contribution is 0.0697. The van der Waals surface area contributed by atoms with Crippen molar-refractivity contribution in [3.63, 3.8) is 0 Å². The second-order valence-corrected chi connectivity index (χ2v) is 10.2. The summed E-state index contributed by atoms with van der Waals surface area (Å²) < 4.78 is 34.5. The van der Waals surface area contributed by atoms with Gasteiger partial charge in [0.25, 0.3) is 0 Å². The van der Waals surface area contributed by atoms with E-state index in [1.54, 1.807) is 12.1 Å². The fraction of sp³-hybridized carbons (Fsp3) is 0.367. The molecule has 5 rings (SSSR count). The van der Waals surface area contributed by atoms with Gasteiger partial charge in [-0.1, -0.05) is 42.5 Å². The first kappa shape index (κ1) is 25.4. The molecule has 194 valence electrons. The molecule has 3 aromatic rings. The Labute approximate surface area is 216 Å². The number of hydrogen-bond donors (Lipinski definition) is 2. The molecule has 1 aliphatic heterocycles. The van der Waals surface area contributed by atoms with Crippen molar-refractivity contribution in [3.05, 3.63) is 101 Å². The Morgan fingerprint density at radius 1 is 1.00 bits per heavy atom. The van der Waals surface area contributed by atoms with E-state index in [1.165, 1.54) is 6.07 Å². The van der Waals surface area contributed by atoms with Gasteiger partial charge in [-0.05, 0) is 74.1 Å². The normalized spacial score (nSPS) is 20.1.